The largest absolute Gasteiger partial charge is 0.326 e. The van der Waals surface area contributed by atoms with Crippen LogP contribution in [0.15, 0.2) is 24.3 Å². The van der Waals surface area contributed by atoms with Gasteiger partial charge in [-0.3, -0.25) is 19.4 Å². The maximum Gasteiger partial charge on any atom is 0.228 e. The van der Waals surface area contributed by atoms with Crippen molar-refractivity contribution in [2.45, 2.75) is 72.4 Å². The number of amides is 2. The third-order valence-corrected chi connectivity index (χ3v) is 6.61. The summed E-state index contributed by atoms with van der Waals surface area (Å²) in [6.07, 6.45) is 4.35. The first-order valence-electron chi connectivity index (χ1n) is 12.1. The van der Waals surface area contributed by atoms with Gasteiger partial charge < -0.3 is 5.32 Å². The van der Waals surface area contributed by atoms with Gasteiger partial charge in [0.1, 0.15) is 11.6 Å². The quantitative estimate of drug-likeness (QED) is 0.678. The predicted octanol–water partition coefficient (Wildman–Crippen LogP) is 4.41. The summed E-state index contributed by atoms with van der Waals surface area (Å²) in [5, 5.41) is 2.82. The Kier molecular flexibility index (Phi) is 7.08. The first kappa shape index (κ1) is 23.4. The van der Waals surface area contributed by atoms with E-state index in [1.165, 1.54) is 12.5 Å². The highest BCUT2D eigenvalue weighted by Crippen LogP contribution is 2.35. The predicted molar refractivity (Wildman–Crippen MR) is 130 cm³/mol. The summed E-state index contributed by atoms with van der Waals surface area (Å²) < 4.78 is 0. The first-order chi connectivity index (χ1) is 15.8. The monoisotopic (exact) mass is 449 g/mol. The first-order valence-corrected chi connectivity index (χ1v) is 12.1. The number of aryl methyl sites for hydroxylation is 1. The lowest BCUT2D eigenvalue weighted by molar-refractivity contribution is -0.119. The highest BCUT2D eigenvalue weighted by molar-refractivity contribution is 5.95. The highest BCUT2D eigenvalue weighted by Gasteiger charge is 2.33. The van der Waals surface area contributed by atoms with Crippen LogP contribution in [0.3, 0.4) is 0 Å². The summed E-state index contributed by atoms with van der Waals surface area (Å²) in [7, 11) is 0. The van der Waals surface area contributed by atoms with Gasteiger partial charge in [0.2, 0.25) is 11.8 Å². The number of carbonyl (C=O) groups is 2. The average molecular weight is 450 g/mol. The molecule has 0 saturated carbocycles. The van der Waals surface area contributed by atoms with Crippen LogP contribution in [0.4, 0.5) is 11.5 Å². The van der Waals surface area contributed by atoms with Crippen molar-refractivity contribution in [1.29, 1.82) is 0 Å². The number of fused-ring (bicyclic) bond motifs is 1. The fourth-order valence-electron chi connectivity index (χ4n) is 4.81. The molecule has 2 amide bonds. The molecule has 0 unspecified atom stereocenters. The number of carbonyl (C=O) groups excluding carboxylic acids is 2. The molecule has 4 rings (SSSR count). The van der Waals surface area contributed by atoms with Crippen LogP contribution in [-0.4, -0.2) is 39.8 Å². The number of aromatic nitrogens is 2. The Hall–Kier alpha value is -2.80. The van der Waals surface area contributed by atoms with Gasteiger partial charge in [-0.25, -0.2) is 9.97 Å². The normalized spacial score (nSPS) is 18.6. The number of rotatable bonds is 7. The minimum absolute atomic E-state index is 0.0665. The lowest BCUT2D eigenvalue weighted by Crippen LogP contribution is -2.38. The molecule has 1 atom stereocenters. The minimum atomic E-state index is -0.0665. The zero-order valence-corrected chi connectivity index (χ0v) is 20.2. The Bertz CT molecular complexity index is 1020. The molecule has 0 aliphatic carbocycles. The molecule has 7 heteroatoms. The van der Waals surface area contributed by atoms with Crippen LogP contribution >= 0.6 is 0 Å². The second kappa shape index (κ2) is 10.00. The summed E-state index contributed by atoms with van der Waals surface area (Å²) in [4.78, 5) is 38.3. The minimum Gasteiger partial charge on any atom is -0.326 e. The van der Waals surface area contributed by atoms with Crippen LogP contribution < -0.4 is 10.2 Å². The van der Waals surface area contributed by atoms with Gasteiger partial charge in [0.25, 0.3) is 0 Å². The standard InChI is InChI=1S/C26H35N5O2/c1-17(2)13-15-31-24(33)12-11-22-18(3)27-25(29-26(22)31)23-6-5-14-30(23)16-20-7-9-21(10-8-20)28-19(4)32/h7-10,17,23H,5-6,11-16H2,1-4H3,(H,28,32)/t23-/m0/s1. The van der Waals surface area contributed by atoms with Crippen LogP contribution in [0, 0.1) is 12.8 Å². The maximum atomic E-state index is 12.7. The van der Waals surface area contributed by atoms with E-state index >= 15 is 0 Å². The molecule has 7 nitrogen and oxygen atoms in total. The smallest absolute Gasteiger partial charge is 0.228 e. The third-order valence-electron chi connectivity index (χ3n) is 6.61. The number of anilines is 2. The second-order valence-corrected chi connectivity index (χ2v) is 9.70. The summed E-state index contributed by atoms with van der Waals surface area (Å²) >= 11 is 0. The summed E-state index contributed by atoms with van der Waals surface area (Å²) in [5.74, 6) is 2.31. The van der Waals surface area contributed by atoms with E-state index in [2.05, 4.69) is 43.1 Å². The highest BCUT2D eigenvalue weighted by atomic mass is 16.2. The molecule has 3 heterocycles. The lowest BCUT2D eigenvalue weighted by atomic mass is 10.0. The van der Waals surface area contributed by atoms with Crippen molar-refractivity contribution in [3.63, 3.8) is 0 Å². The van der Waals surface area contributed by atoms with Crippen molar-refractivity contribution in [3.8, 4) is 0 Å². The summed E-state index contributed by atoms with van der Waals surface area (Å²) in [5.41, 5.74) is 4.13. The van der Waals surface area contributed by atoms with E-state index in [1.54, 1.807) is 0 Å². The molecule has 33 heavy (non-hydrogen) atoms. The van der Waals surface area contributed by atoms with E-state index in [-0.39, 0.29) is 17.9 Å². The molecule has 0 radical (unpaired) electrons. The van der Waals surface area contributed by atoms with Gasteiger partial charge in [0.05, 0.1) is 6.04 Å². The number of likely N-dealkylation sites (tertiary alicyclic amines) is 1. The third kappa shape index (κ3) is 5.41. The molecule has 2 aliphatic heterocycles. The molecule has 1 aromatic carbocycles. The number of nitrogens with zero attached hydrogens (tertiary/aromatic N) is 4. The van der Waals surface area contributed by atoms with Crippen molar-refractivity contribution in [2.24, 2.45) is 5.92 Å². The number of hydrogen-bond acceptors (Lipinski definition) is 5. The zero-order valence-electron chi connectivity index (χ0n) is 20.2. The Balaban J connectivity index is 1.56. The fourth-order valence-corrected chi connectivity index (χ4v) is 4.81. The van der Waals surface area contributed by atoms with E-state index in [0.29, 0.717) is 18.9 Å². The summed E-state index contributed by atoms with van der Waals surface area (Å²) in [6.45, 7) is 10.5. The number of nitrogens with one attached hydrogen (secondary N) is 1. The number of hydrogen-bond donors (Lipinski definition) is 1. The van der Waals surface area contributed by atoms with Crippen molar-refractivity contribution in [3.05, 3.63) is 46.9 Å². The van der Waals surface area contributed by atoms with Gasteiger partial charge in [-0.05, 0) is 62.8 Å². The maximum absolute atomic E-state index is 12.7. The van der Waals surface area contributed by atoms with E-state index in [1.807, 2.05) is 17.0 Å². The Morgan fingerprint density at radius 3 is 2.64 bits per heavy atom. The van der Waals surface area contributed by atoms with Gasteiger partial charge >= 0.3 is 0 Å². The SMILES string of the molecule is CC(=O)Nc1ccc(CN2CCC[C@H]2c2nc(C)c3c(n2)N(CCC(C)C)C(=O)CC3)cc1. The molecule has 1 saturated heterocycles. The molecule has 0 spiro atoms. The molecular formula is C26H35N5O2. The van der Waals surface area contributed by atoms with E-state index in [0.717, 1.165) is 67.4 Å². The van der Waals surface area contributed by atoms with Crippen molar-refractivity contribution >= 4 is 23.3 Å². The van der Waals surface area contributed by atoms with Gasteiger partial charge in [-0.15, -0.1) is 0 Å². The Morgan fingerprint density at radius 1 is 1.18 bits per heavy atom. The van der Waals surface area contributed by atoms with Crippen LogP contribution in [0.25, 0.3) is 0 Å². The van der Waals surface area contributed by atoms with Crippen molar-refractivity contribution in [2.75, 3.05) is 23.3 Å². The molecule has 0 bridgehead atoms. The lowest BCUT2D eigenvalue weighted by Gasteiger charge is -2.31. The molecule has 1 N–H and O–H groups in total. The fraction of sp³-hybridized carbons (Fsp3) is 0.538. The van der Waals surface area contributed by atoms with Crippen LogP contribution in [0.2, 0.25) is 0 Å². The topological polar surface area (TPSA) is 78.4 Å². The van der Waals surface area contributed by atoms with E-state index in [9.17, 15) is 9.59 Å². The summed E-state index contributed by atoms with van der Waals surface area (Å²) in [6, 6.07) is 8.16. The van der Waals surface area contributed by atoms with Gasteiger partial charge in [-0.2, -0.15) is 0 Å². The van der Waals surface area contributed by atoms with Crippen LogP contribution in [0.1, 0.15) is 75.1 Å². The van der Waals surface area contributed by atoms with Crippen molar-refractivity contribution < 1.29 is 9.59 Å². The zero-order chi connectivity index (χ0) is 23.5. The second-order valence-electron chi connectivity index (χ2n) is 9.70. The average Bonchev–Trinajstić information content (AvgIpc) is 3.22. The number of benzene rings is 1. The van der Waals surface area contributed by atoms with Crippen LogP contribution in [-0.2, 0) is 22.6 Å². The van der Waals surface area contributed by atoms with Crippen LogP contribution in [0.5, 0.6) is 0 Å². The van der Waals surface area contributed by atoms with Gasteiger partial charge in [0.15, 0.2) is 0 Å². The molecule has 2 aromatic rings. The Morgan fingerprint density at radius 2 is 1.94 bits per heavy atom. The van der Waals surface area contributed by atoms with Crippen molar-refractivity contribution in [1.82, 2.24) is 14.9 Å². The van der Waals surface area contributed by atoms with E-state index in [4.69, 9.17) is 9.97 Å². The molecular weight excluding hydrogens is 414 g/mol. The molecule has 176 valence electrons. The van der Waals surface area contributed by atoms with Gasteiger partial charge in [0, 0.05) is 43.4 Å². The van der Waals surface area contributed by atoms with E-state index < -0.39 is 0 Å². The molecule has 2 aliphatic rings. The molecule has 1 aromatic heterocycles. The molecule has 1 fully saturated rings. The van der Waals surface area contributed by atoms with Gasteiger partial charge in [-0.1, -0.05) is 26.0 Å². The Labute approximate surface area is 196 Å².